The molecule has 4 N–H and O–H groups in total. The van der Waals surface area contributed by atoms with Gasteiger partial charge in [-0.2, -0.15) is 0 Å². The van der Waals surface area contributed by atoms with Crippen LogP contribution in [0, 0.1) is 11.8 Å². The highest BCUT2D eigenvalue weighted by Crippen LogP contribution is 2.30. The SMILES string of the molecule is CC1CCC(CNC(=O)c2cccc(N)c2O)C1. The number of benzene rings is 1. The fourth-order valence-electron chi connectivity index (χ4n) is 2.59. The van der Waals surface area contributed by atoms with E-state index in [9.17, 15) is 9.90 Å². The lowest BCUT2D eigenvalue weighted by Gasteiger charge is -2.12. The van der Waals surface area contributed by atoms with Gasteiger partial charge in [0.1, 0.15) is 0 Å². The second kappa shape index (κ2) is 5.29. The van der Waals surface area contributed by atoms with Crippen molar-refractivity contribution in [3.8, 4) is 5.75 Å². The Balaban J connectivity index is 1.94. The van der Waals surface area contributed by atoms with Gasteiger partial charge in [0.2, 0.25) is 0 Å². The minimum atomic E-state index is -0.251. The number of para-hydroxylation sites is 1. The Morgan fingerprint density at radius 1 is 1.50 bits per heavy atom. The zero-order valence-corrected chi connectivity index (χ0v) is 10.6. The summed E-state index contributed by atoms with van der Waals surface area (Å²) in [5.41, 5.74) is 6.05. The molecule has 1 amide bonds. The van der Waals surface area contributed by atoms with Gasteiger partial charge in [-0.1, -0.05) is 19.4 Å². The number of rotatable bonds is 3. The van der Waals surface area contributed by atoms with Gasteiger partial charge >= 0.3 is 0 Å². The van der Waals surface area contributed by atoms with Crippen molar-refractivity contribution < 1.29 is 9.90 Å². The van der Waals surface area contributed by atoms with Crippen molar-refractivity contribution in [1.29, 1.82) is 0 Å². The normalized spacial score (nSPS) is 22.9. The number of carbonyl (C=O) groups excluding carboxylic acids is 1. The molecule has 0 radical (unpaired) electrons. The van der Waals surface area contributed by atoms with E-state index in [-0.39, 0.29) is 22.9 Å². The number of amides is 1. The predicted molar refractivity (Wildman–Crippen MR) is 71.4 cm³/mol. The molecule has 98 valence electrons. The zero-order chi connectivity index (χ0) is 13.1. The lowest BCUT2D eigenvalue weighted by molar-refractivity contribution is 0.0944. The largest absolute Gasteiger partial charge is 0.505 e. The quantitative estimate of drug-likeness (QED) is 0.566. The Morgan fingerprint density at radius 2 is 2.28 bits per heavy atom. The minimum Gasteiger partial charge on any atom is -0.505 e. The van der Waals surface area contributed by atoms with E-state index in [0.717, 1.165) is 5.92 Å². The summed E-state index contributed by atoms with van der Waals surface area (Å²) in [5.74, 6) is 0.939. The van der Waals surface area contributed by atoms with Gasteiger partial charge in [-0.25, -0.2) is 0 Å². The Hall–Kier alpha value is -1.71. The standard InChI is InChI=1S/C14H20N2O2/c1-9-5-6-10(7-9)8-16-14(18)11-3-2-4-12(15)13(11)17/h2-4,9-10,17H,5-8,15H2,1H3,(H,16,18). The summed E-state index contributed by atoms with van der Waals surface area (Å²) in [6.45, 7) is 2.92. The number of nitrogen functional groups attached to an aromatic ring is 1. The number of anilines is 1. The topological polar surface area (TPSA) is 75.4 Å². The van der Waals surface area contributed by atoms with Gasteiger partial charge in [0, 0.05) is 6.54 Å². The molecule has 18 heavy (non-hydrogen) atoms. The maximum atomic E-state index is 11.9. The lowest BCUT2D eigenvalue weighted by atomic mass is 10.1. The Labute approximate surface area is 107 Å². The van der Waals surface area contributed by atoms with Crippen molar-refractivity contribution in [2.45, 2.75) is 26.2 Å². The van der Waals surface area contributed by atoms with Gasteiger partial charge in [-0.15, -0.1) is 0 Å². The number of nitrogens with two attached hydrogens (primary N) is 1. The van der Waals surface area contributed by atoms with Crippen molar-refractivity contribution in [2.75, 3.05) is 12.3 Å². The summed E-state index contributed by atoms with van der Waals surface area (Å²) >= 11 is 0. The molecule has 2 atom stereocenters. The number of phenols is 1. The van der Waals surface area contributed by atoms with Crippen LogP contribution in [-0.2, 0) is 0 Å². The van der Waals surface area contributed by atoms with E-state index in [0.29, 0.717) is 12.5 Å². The lowest BCUT2D eigenvalue weighted by Crippen LogP contribution is -2.28. The van der Waals surface area contributed by atoms with Crippen LogP contribution in [0.3, 0.4) is 0 Å². The van der Waals surface area contributed by atoms with Crippen LogP contribution in [0.1, 0.15) is 36.5 Å². The summed E-state index contributed by atoms with van der Waals surface area (Å²) < 4.78 is 0. The van der Waals surface area contributed by atoms with E-state index < -0.39 is 0 Å². The van der Waals surface area contributed by atoms with Gasteiger partial charge < -0.3 is 16.2 Å². The van der Waals surface area contributed by atoms with Crippen LogP contribution < -0.4 is 11.1 Å². The fraction of sp³-hybridized carbons (Fsp3) is 0.500. The molecule has 1 fully saturated rings. The van der Waals surface area contributed by atoms with E-state index in [1.54, 1.807) is 18.2 Å². The molecule has 2 rings (SSSR count). The molecule has 1 aromatic carbocycles. The van der Waals surface area contributed by atoms with Gasteiger partial charge in [0.15, 0.2) is 5.75 Å². The summed E-state index contributed by atoms with van der Waals surface area (Å²) in [4.78, 5) is 11.9. The number of aromatic hydroxyl groups is 1. The first-order valence-corrected chi connectivity index (χ1v) is 6.43. The molecule has 0 aromatic heterocycles. The average molecular weight is 248 g/mol. The van der Waals surface area contributed by atoms with E-state index in [1.807, 2.05) is 0 Å². The van der Waals surface area contributed by atoms with Crippen LogP contribution in [0.15, 0.2) is 18.2 Å². The maximum Gasteiger partial charge on any atom is 0.255 e. The highest BCUT2D eigenvalue weighted by molar-refractivity contribution is 5.98. The fourth-order valence-corrected chi connectivity index (χ4v) is 2.59. The van der Waals surface area contributed by atoms with Gasteiger partial charge in [0.05, 0.1) is 11.3 Å². The van der Waals surface area contributed by atoms with Crippen molar-refractivity contribution >= 4 is 11.6 Å². The molecule has 2 unspecified atom stereocenters. The first kappa shape index (κ1) is 12.7. The Bertz CT molecular complexity index is 445. The van der Waals surface area contributed by atoms with Crippen molar-refractivity contribution in [1.82, 2.24) is 5.32 Å². The van der Waals surface area contributed by atoms with Gasteiger partial charge in [-0.05, 0) is 36.8 Å². The molecule has 1 aliphatic rings. The third-order valence-electron chi connectivity index (χ3n) is 3.67. The van der Waals surface area contributed by atoms with Crippen LogP contribution in [0.5, 0.6) is 5.75 Å². The number of phenolic OH excluding ortho intramolecular Hbond substituents is 1. The molecule has 0 saturated heterocycles. The van der Waals surface area contributed by atoms with Crippen LogP contribution in [0.25, 0.3) is 0 Å². The minimum absolute atomic E-state index is 0.130. The van der Waals surface area contributed by atoms with E-state index in [1.165, 1.54) is 19.3 Å². The van der Waals surface area contributed by atoms with E-state index >= 15 is 0 Å². The molecule has 0 heterocycles. The first-order chi connectivity index (χ1) is 8.58. The molecule has 0 bridgehead atoms. The Kier molecular flexibility index (Phi) is 3.75. The third-order valence-corrected chi connectivity index (χ3v) is 3.67. The average Bonchev–Trinajstić information content (AvgIpc) is 2.76. The molecular weight excluding hydrogens is 228 g/mol. The highest BCUT2D eigenvalue weighted by atomic mass is 16.3. The number of carbonyl (C=O) groups is 1. The molecular formula is C14H20N2O2. The zero-order valence-electron chi connectivity index (χ0n) is 10.6. The van der Waals surface area contributed by atoms with Gasteiger partial charge in [-0.3, -0.25) is 4.79 Å². The second-order valence-corrected chi connectivity index (χ2v) is 5.24. The van der Waals surface area contributed by atoms with Crippen molar-refractivity contribution in [3.05, 3.63) is 23.8 Å². The van der Waals surface area contributed by atoms with E-state index in [4.69, 9.17) is 5.73 Å². The summed E-state index contributed by atoms with van der Waals surface area (Å²) in [7, 11) is 0. The van der Waals surface area contributed by atoms with Gasteiger partial charge in [0.25, 0.3) is 5.91 Å². The Morgan fingerprint density at radius 3 is 2.94 bits per heavy atom. The maximum absolute atomic E-state index is 11.9. The van der Waals surface area contributed by atoms with Crippen molar-refractivity contribution in [2.24, 2.45) is 11.8 Å². The third kappa shape index (κ3) is 2.75. The number of hydrogen-bond donors (Lipinski definition) is 3. The molecule has 4 heteroatoms. The molecule has 4 nitrogen and oxygen atoms in total. The molecule has 1 saturated carbocycles. The molecule has 1 aromatic rings. The van der Waals surface area contributed by atoms with Crippen LogP contribution in [0.4, 0.5) is 5.69 Å². The summed E-state index contributed by atoms with van der Waals surface area (Å²) in [6, 6.07) is 4.82. The monoisotopic (exact) mass is 248 g/mol. The molecule has 0 aliphatic heterocycles. The smallest absolute Gasteiger partial charge is 0.255 e. The molecule has 1 aliphatic carbocycles. The number of nitrogens with one attached hydrogen (secondary N) is 1. The second-order valence-electron chi connectivity index (χ2n) is 5.24. The summed E-state index contributed by atoms with van der Waals surface area (Å²) in [5, 5.41) is 12.6. The predicted octanol–water partition coefficient (Wildman–Crippen LogP) is 2.14. The first-order valence-electron chi connectivity index (χ1n) is 6.43. The number of hydrogen-bond acceptors (Lipinski definition) is 3. The molecule has 0 spiro atoms. The van der Waals surface area contributed by atoms with E-state index in [2.05, 4.69) is 12.2 Å². The van der Waals surface area contributed by atoms with Crippen LogP contribution in [-0.4, -0.2) is 17.6 Å². The van der Waals surface area contributed by atoms with Crippen LogP contribution >= 0.6 is 0 Å². The highest BCUT2D eigenvalue weighted by Gasteiger charge is 2.22. The summed E-state index contributed by atoms with van der Waals surface area (Å²) in [6.07, 6.45) is 3.58. The van der Waals surface area contributed by atoms with Crippen molar-refractivity contribution in [3.63, 3.8) is 0 Å². The van der Waals surface area contributed by atoms with Crippen LogP contribution in [0.2, 0.25) is 0 Å².